The van der Waals surface area contributed by atoms with Gasteiger partial charge in [0.05, 0.1) is 6.61 Å². The molecule has 1 rings (SSSR count). The van der Waals surface area contributed by atoms with Crippen molar-refractivity contribution in [2.45, 2.75) is 52.5 Å². The fourth-order valence-electron chi connectivity index (χ4n) is 3.10. The van der Waals surface area contributed by atoms with Crippen molar-refractivity contribution in [3.8, 4) is 0 Å². The lowest BCUT2D eigenvalue weighted by atomic mass is 9.80. The molecule has 0 aliphatic heterocycles. The molecule has 0 heterocycles. The second kappa shape index (κ2) is 6.49. The van der Waals surface area contributed by atoms with Crippen LogP contribution < -0.4 is 0 Å². The van der Waals surface area contributed by atoms with Gasteiger partial charge in [-0.2, -0.15) is 0 Å². The van der Waals surface area contributed by atoms with Crippen LogP contribution in [0.25, 0.3) is 0 Å². The molecule has 90 valence electrons. The summed E-state index contributed by atoms with van der Waals surface area (Å²) in [7, 11) is 0. The molecular weight excluding hydrogens is 186 g/mol. The highest BCUT2D eigenvalue weighted by molar-refractivity contribution is 4.81. The minimum Gasteiger partial charge on any atom is -0.395 e. The fourth-order valence-corrected chi connectivity index (χ4v) is 3.10. The van der Waals surface area contributed by atoms with Crippen molar-refractivity contribution in [3.05, 3.63) is 0 Å². The number of hydrogen-bond donors (Lipinski definition) is 1. The second-order valence-electron chi connectivity index (χ2n) is 5.33. The molecule has 1 N–H and O–H groups in total. The predicted molar refractivity (Wildman–Crippen MR) is 64.9 cm³/mol. The van der Waals surface area contributed by atoms with Crippen LogP contribution >= 0.6 is 0 Å². The Kier molecular flexibility index (Phi) is 5.62. The van der Waals surface area contributed by atoms with Crippen molar-refractivity contribution in [1.29, 1.82) is 0 Å². The molecular formula is C13H27NO. The Bertz CT molecular complexity index is 156. The lowest BCUT2D eigenvalue weighted by Crippen LogP contribution is -2.42. The standard InChI is InChI=1S/C13H27NO/c1-4-5-14(6-7-15)13-9-11(2)8-12(3)10-13/h11-13,15H,4-10H2,1-3H3. The monoisotopic (exact) mass is 213 g/mol. The van der Waals surface area contributed by atoms with Crippen molar-refractivity contribution in [2.24, 2.45) is 11.8 Å². The number of rotatable bonds is 5. The molecule has 0 aromatic rings. The Morgan fingerprint density at radius 1 is 1.07 bits per heavy atom. The van der Waals surface area contributed by atoms with Gasteiger partial charge in [0.15, 0.2) is 0 Å². The first kappa shape index (κ1) is 13.0. The van der Waals surface area contributed by atoms with Crippen molar-refractivity contribution >= 4 is 0 Å². The van der Waals surface area contributed by atoms with E-state index in [2.05, 4.69) is 25.7 Å². The summed E-state index contributed by atoms with van der Waals surface area (Å²) in [4.78, 5) is 2.49. The minimum atomic E-state index is 0.305. The third-order valence-corrected chi connectivity index (χ3v) is 3.57. The Balaban J connectivity index is 2.49. The van der Waals surface area contributed by atoms with Crippen LogP contribution in [0.3, 0.4) is 0 Å². The van der Waals surface area contributed by atoms with Crippen molar-refractivity contribution in [2.75, 3.05) is 19.7 Å². The van der Waals surface area contributed by atoms with Crippen LogP contribution in [0, 0.1) is 11.8 Å². The van der Waals surface area contributed by atoms with Crippen molar-refractivity contribution < 1.29 is 5.11 Å². The summed E-state index contributed by atoms with van der Waals surface area (Å²) in [5, 5.41) is 9.08. The van der Waals surface area contributed by atoms with E-state index in [9.17, 15) is 0 Å². The molecule has 1 fully saturated rings. The van der Waals surface area contributed by atoms with E-state index in [1.54, 1.807) is 0 Å². The van der Waals surface area contributed by atoms with Crippen LogP contribution in [0.1, 0.15) is 46.5 Å². The summed E-state index contributed by atoms with van der Waals surface area (Å²) in [6.07, 6.45) is 5.23. The summed E-state index contributed by atoms with van der Waals surface area (Å²) >= 11 is 0. The second-order valence-corrected chi connectivity index (χ2v) is 5.33. The fraction of sp³-hybridized carbons (Fsp3) is 1.00. The zero-order valence-corrected chi connectivity index (χ0v) is 10.6. The molecule has 2 nitrogen and oxygen atoms in total. The highest BCUT2D eigenvalue weighted by Gasteiger charge is 2.27. The Morgan fingerprint density at radius 2 is 1.67 bits per heavy atom. The average molecular weight is 213 g/mol. The third kappa shape index (κ3) is 4.12. The van der Waals surface area contributed by atoms with E-state index >= 15 is 0 Å². The van der Waals surface area contributed by atoms with Crippen LogP contribution in [0.5, 0.6) is 0 Å². The van der Waals surface area contributed by atoms with Gasteiger partial charge in [0.1, 0.15) is 0 Å². The SMILES string of the molecule is CCCN(CCO)C1CC(C)CC(C)C1. The summed E-state index contributed by atoms with van der Waals surface area (Å²) in [6, 6.07) is 0.718. The first-order chi connectivity index (χ1) is 7.17. The van der Waals surface area contributed by atoms with E-state index in [-0.39, 0.29) is 0 Å². The van der Waals surface area contributed by atoms with Gasteiger partial charge in [-0.25, -0.2) is 0 Å². The molecule has 0 spiro atoms. The first-order valence-corrected chi connectivity index (χ1v) is 6.52. The Morgan fingerprint density at radius 3 is 2.13 bits per heavy atom. The summed E-state index contributed by atoms with van der Waals surface area (Å²) in [5.74, 6) is 1.72. The lowest BCUT2D eigenvalue weighted by molar-refractivity contribution is 0.0901. The van der Waals surface area contributed by atoms with Gasteiger partial charge < -0.3 is 5.11 Å². The molecule has 15 heavy (non-hydrogen) atoms. The van der Waals surface area contributed by atoms with Gasteiger partial charge in [-0.3, -0.25) is 4.90 Å². The van der Waals surface area contributed by atoms with Gasteiger partial charge in [-0.05, 0) is 44.1 Å². The molecule has 0 saturated heterocycles. The van der Waals surface area contributed by atoms with E-state index < -0.39 is 0 Å². The summed E-state index contributed by atoms with van der Waals surface area (Å²) in [5.41, 5.74) is 0. The van der Waals surface area contributed by atoms with Crippen LogP contribution in [-0.2, 0) is 0 Å². The van der Waals surface area contributed by atoms with Crippen molar-refractivity contribution in [3.63, 3.8) is 0 Å². The average Bonchev–Trinajstić information content (AvgIpc) is 2.16. The first-order valence-electron chi connectivity index (χ1n) is 6.52. The number of aliphatic hydroxyl groups excluding tert-OH is 1. The largest absolute Gasteiger partial charge is 0.395 e. The van der Waals surface area contributed by atoms with Gasteiger partial charge in [-0.15, -0.1) is 0 Å². The van der Waals surface area contributed by atoms with Crippen LogP contribution in [-0.4, -0.2) is 35.7 Å². The Hall–Kier alpha value is -0.0800. The predicted octanol–water partition coefficient (Wildman–Crippen LogP) is 2.52. The highest BCUT2D eigenvalue weighted by atomic mass is 16.3. The molecule has 1 aliphatic rings. The smallest absolute Gasteiger partial charge is 0.0558 e. The maximum absolute atomic E-state index is 9.08. The van der Waals surface area contributed by atoms with Crippen LogP contribution in [0.2, 0.25) is 0 Å². The minimum absolute atomic E-state index is 0.305. The molecule has 2 unspecified atom stereocenters. The molecule has 2 atom stereocenters. The van der Waals surface area contributed by atoms with Crippen LogP contribution in [0.4, 0.5) is 0 Å². The van der Waals surface area contributed by atoms with Gasteiger partial charge in [-0.1, -0.05) is 20.8 Å². The lowest BCUT2D eigenvalue weighted by Gasteiger charge is -2.39. The topological polar surface area (TPSA) is 23.5 Å². The molecule has 0 radical (unpaired) electrons. The van der Waals surface area contributed by atoms with E-state index in [0.29, 0.717) is 6.61 Å². The van der Waals surface area contributed by atoms with E-state index in [4.69, 9.17) is 5.11 Å². The van der Waals surface area contributed by atoms with Gasteiger partial charge in [0, 0.05) is 12.6 Å². The summed E-state index contributed by atoms with van der Waals surface area (Å²) in [6.45, 7) is 9.26. The van der Waals surface area contributed by atoms with Crippen LogP contribution in [0.15, 0.2) is 0 Å². The molecule has 0 aromatic heterocycles. The molecule has 1 saturated carbocycles. The molecule has 0 aromatic carbocycles. The van der Waals surface area contributed by atoms with E-state index in [0.717, 1.165) is 31.0 Å². The summed E-state index contributed by atoms with van der Waals surface area (Å²) < 4.78 is 0. The van der Waals surface area contributed by atoms with Gasteiger partial charge in [0.25, 0.3) is 0 Å². The zero-order chi connectivity index (χ0) is 11.3. The quantitative estimate of drug-likeness (QED) is 0.758. The van der Waals surface area contributed by atoms with Gasteiger partial charge in [0.2, 0.25) is 0 Å². The van der Waals surface area contributed by atoms with Crippen molar-refractivity contribution in [1.82, 2.24) is 4.90 Å². The number of aliphatic hydroxyl groups is 1. The zero-order valence-electron chi connectivity index (χ0n) is 10.6. The maximum Gasteiger partial charge on any atom is 0.0558 e. The normalized spacial score (nSPS) is 32.2. The van der Waals surface area contributed by atoms with Gasteiger partial charge >= 0.3 is 0 Å². The van der Waals surface area contributed by atoms with E-state index in [1.165, 1.54) is 25.7 Å². The Labute approximate surface area is 94.7 Å². The molecule has 2 heteroatoms. The number of nitrogens with zero attached hydrogens (tertiary/aromatic N) is 1. The molecule has 1 aliphatic carbocycles. The highest BCUT2D eigenvalue weighted by Crippen LogP contribution is 2.31. The number of hydrogen-bond acceptors (Lipinski definition) is 2. The molecule has 0 amide bonds. The molecule has 0 bridgehead atoms. The third-order valence-electron chi connectivity index (χ3n) is 3.57. The van der Waals surface area contributed by atoms with E-state index in [1.807, 2.05) is 0 Å². The maximum atomic E-state index is 9.08.